The van der Waals surface area contributed by atoms with Crippen LogP contribution < -0.4 is 9.80 Å². The van der Waals surface area contributed by atoms with Crippen molar-refractivity contribution in [3.8, 4) is 0 Å². The standard InChI is InChI=1S/C22H32N4O2/c1-15(27)17-4-9-25(10-5-17)21-13-22(24-20-14-23-8-3-19(20)21)26-11-6-18(7-12-26)16(2)28/h3,8,13-18,27-28H,4-7,9-12H2,1-2H3/t15-,16-/m0/s1. The number of fused-ring (bicyclic) bond motifs is 1. The van der Waals surface area contributed by atoms with Crippen molar-refractivity contribution in [3.63, 3.8) is 0 Å². The molecular formula is C22H32N4O2. The first-order chi connectivity index (χ1) is 13.5. The molecular weight excluding hydrogens is 352 g/mol. The van der Waals surface area contributed by atoms with Crippen molar-refractivity contribution >= 4 is 22.4 Å². The highest BCUT2D eigenvalue weighted by Gasteiger charge is 2.27. The molecule has 28 heavy (non-hydrogen) atoms. The van der Waals surface area contributed by atoms with Crippen LogP contribution in [-0.4, -0.2) is 58.6 Å². The Bertz CT molecular complexity index is 794. The Morgan fingerprint density at radius 1 is 0.929 bits per heavy atom. The monoisotopic (exact) mass is 384 g/mol. The van der Waals surface area contributed by atoms with Crippen molar-refractivity contribution in [3.05, 3.63) is 24.5 Å². The minimum absolute atomic E-state index is 0.230. The highest BCUT2D eigenvalue weighted by Crippen LogP contribution is 2.34. The molecule has 0 bridgehead atoms. The highest BCUT2D eigenvalue weighted by atomic mass is 16.3. The number of rotatable bonds is 4. The lowest BCUT2D eigenvalue weighted by atomic mass is 9.91. The molecule has 4 heterocycles. The average molecular weight is 385 g/mol. The van der Waals surface area contributed by atoms with Crippen LogP contribution in [0.1, 0.15) is 39.5 Å². The van der Waals surface area contributed by atoms with Crippen LogP contribution in [0.3, 0.4) is 0 Å². The molecule has 2 atom stereocenters. The van der Waals surface area contributed by atoms with E-state index in [1.807, 2.05) is 26.2 Å². The van der Waals surface area contributed by atoms with E-state index in [0.717, 1.165) is 68.6 Å². The van der Waals surface area contributed by atoms with Crippen LogP contribution in [0.4, 0.5) is 11.5 Å². The predicted molar refractivity (Wildman–Crippen MR) is 113 cm³/mol. The summed E-state index contributed by atoms with van der Waals surface area (Å²) in [7, 11) is 0. The molecule has 2 aliphatic heterocycles. The number of anilines is 2. The zero-order chi connectivity index (χ0) is 19.7. The van der Waals surface area contributed by atoms with Gasteiger partial charge in [0.1, 0.15) is 5.82 Å². The molecule has 2 aliphatic rings. The van der Waals surface area contributed by atoms with Crippen molar-refractivity contribution in [1.29, 1.82) is 0 Å². The van der Waals surface area contributed by atoms with Gasteiger partial charge in [-0.05, 0) is 57.4 Å². The molecule has 0 spiro atoms. The van der Waals surface area contributed by atoms with Gasteiger partial charge >= 0.3 is 0 Å². The van der Waals surface area contributed by atoms with Crippen molar-refractivity contribution in [2.24, 2.45) is 11.8 Å². The molecule has 0 aliphatic carbocycles. The third-order valence-corrected chi connectivity index (χ3v) is 6.69. The molecule has 4 rings (SSSR count). The van der Waals surface area contributed by atoms with E-state index < -0.39 is 0 Å². The normalized spacial score (nSPS) is 21.9. The molecule has 152 valence electrons. The van der Waals surface area contributed by atoms with Gasteiger partial charge < -0.3 is 20.0 Å². The Labute approximate surface area is 167 Å². The Kier molecular flexibility index (Phi) is 5.69. The second kappa shape index (κ2) is 8.21. The van der Waals surface area contributed by atoms with Crippen LogP contribution in [0.5, 0.6) is 0 Å². The van der Waals surface area contributed by atoms with Gasteiger partial charge in [-0.1, -0.05) is 0 Å². The van der Waals surface area contributed by atoms with Gasteiger partial charge in [-0.25, -0.2) is 4.98 Å². The minimum Gasteiger partial charge on any atom is -0.393 e. The van der Waals surface area contributed by atoms with Crippen molar-refractivity contribution < 1.29 is 10.2 Å². The molecule has 2 N–H and O–H groups in total. The number of aromatic nitrogens is 2. The van der Waals surface area contributed by atoms with Crippen LogP contribution >= 0.6 is 0 Å². The summed E-state index contributed by atoms with van der Waals surface area (Å²) < 4.78 is 0. The van der Waals surface area contributed by atoms with E-state index in [1.165, 1.54) is 5.69 Å². The van der Waals surface area contributed by atoms with Crippen LogP contribution in [0.25, 0.3) is 10.9 Å². The number of aliphatic hydroxyl groups is 2. The minimum atomic E-state index is -0.235. The summed E-state index contributed by atoms with van der Waals surface area (Å²) in [4.78, 5) is 14.0. The van der Waals surface area contributed by atoms with Crippen LogP contribution in [-0.2, 0) is 0 Å². The number of nitrogens with zero attached hydrogens (tertiary/aromatic N) is 4. The van der Waals surface area contributed by atoms with Gasteiger partial charge in [-0.3, -0.25) is 4.98 Å². The maximum atomic E-state index is 9.92. The first-order valence-corrected chi connectivity index (χ1v) is 10.6. The van der Waals surface area contributed by atoms with E-state index in [2.05, 4.69) is 26.9 Å². The zero-order valence-corrected chi connectivity index (χ0v) is 17.0. The van der Waals surface area contributed by atoms with E-state index in [0.29, 0.717) is 11.8 Å². The molecule has 0 saturated carbocycles. The van der Waals surface area contributed by atoms with E-state index in [9.17, 15) is 10.2 Å². The third kappa shape index (κ3) is 3.94. The van der Waals surface area contributed by atoms with E-state index in [1.54, 1.807) is 0 Å². The molecule has 6 nitrogen and oxygen atoms in total. The summed E-state index contributed by atoms with van der Waals surface area (Å²) in [6.07, 6.45) is 7.26. The summed E-state index contributed by atoms with van der Waals surface area (Å²) in [6.45, 7) is 7.58. The second-order valence-corrected chi connectivity index (χ2v) is 8.52. The Morgan fingerprint density at radius 3 is 2.07 bits per heavy atom. The predicted octanol–water partition coefficient (Wildman–Crippen LogP) is 2.82. The fraction of sp³-hybridized carbons (Fsp3) is 0.636. The lowest BCUT2D eigenvalue weighted by molar-refractivity contribution is 0.109. The molecule has 0 unspecified atom stereocenters. The van der Waals surface area contributed by atoms with Gasteiger partial charge in [-0.15, -0.1) is 0 Å². The van der Waals surface area contributed by atoms with Crippen molar-refractivity contribution in [2.75, 3.05) is 36.0 Å². The average Bonchev–Trinajstić information content (AvgIpc) is 2.73. The van der Waals surface area contributed by atoms with Gasteiger partial charge in [0, 0.05) is 49.5 Å². The van der Waals surface area contributed by atoms with E-state index in [4.69, 9.17) is 4.98 Å². The summed E-state index contributed by atoms with van der Waals surface area (Å²) in [5.41, 5.74) is 2.16. The third-order valence-electron chi connectivity index (χ3n) is 6.69. The summed E-state index contributed by atoms with van der Waals surface area (Å²) in [5, 5.41) is 20.9. The molecule has 2 aromatic heterocycles. The number of hydrogen-bond donors (Lipinski definition) is 2. The lowest BCUT2D eigenvalue weighted by Gasteiger charge is -2.37. The number of aliphatic hydroxyl groups excluding tert-OH is 2. The topological polar surface area (TPSA) is 72.7 Å². The SMILES string of the molecule is C[C@H](O)C1CCN(c2cc(N3CCC([C@H](C)O)CC3)c3ccncc3n2)CC1. The summed E-state index contributed by atoms with van der Waals surface area (Å²) in [5.74, 6) is 1.79. The van der Waals surface area contributed by atoms with Gasteiger partial charge in [0.05, 0.1) is 23.9 Å². The van der Waals surface area contributed by atoms with Gasteiger partial charge in [0.15, 0.2) is 0 Å². The maximum absolute atomic E-state index is 9.92. The maximum Gasteiger partial charge on any atom is 0.131 e. The molecule has 0 radical (unpaired) electrons. The van der Waals surface area contributed by atoms with E-state index >= 15 is 0 Å². The quantitative estimate of drug-likeness (QED) is 0.845. The summed E-state index contributed by atoms with van der Waals surface area (Å²) in [6, 6.07) is 4.29. The van der Waals surface area contributed by atoms with Gasteiger partial charge in [-0.2, -0.15) is 0 Å². The fourth-order valence-electron chi connectivity index (χ4n) is 4.70. The molecule has 2 saturated heterocycles. The molecule has 6 heteroatoms. The van der Waals surface area contributed by atoms with Crippen LogP contribution in [0.2, 0.25) is 0 Å². The molecule has 0 amide bonds. The molecule has 0 aromatic carbocycles. The van der Waals surface area contributed by atoms with Crippen LogP contribution in [0, 0.1) is 11.8 Å². The lowest BCUT2D eigenvalue weighted by Crippen LogP contribution is -2.38. The van der Waals surface area contributed by atoms with Gasteiger partial charge in [0.25, 0.3) is 0 Å². The largest absolute Gasteiger partial charge is 0.393 e. The molecule has 2 fully saturated rings. The molecule has 2 aromatic rings. The number of piperidine rings is 2. The van der Waals surface area contributed by atoms with Crippen molar-refractivity contribution in [2.45, 2.75) is 51.7 Å². The summed E-state index contributed by atoms with van der Waals surface area (Å²) >= 11 is 0. The van der Waals surface area contributed by atoms with Gasteiger partial charge in [0.2, 0.25) is 0 Å². The first-order valence-electron chi connectivity index (χ1n) is 10.6. The second-order valence-electron chi connectivity index (χ2n) is 8.52. The Balaban J connectivity index is 1.60. The fourth-order valence-corrected chi connectivity index (χ4v) is 4.70. The smallest absolute Gasteiger partial charge is 0.131 e. The van der Waals surface area contributed by atoms with Crippen LogP contribution in [0.15, 0.2) is 24.5 Å². The van der Waals surface area contributed by atoms with Crippen molar-refractivity contribution in [1.82, 2.24) is 9.97 Å². The Hall–Kier alpha value is -1.92. The number of pyridine rings is 2. The first kappa shape index (κ1) is 19.4. The zero-order valence-electron chi connectivity index (χ0n) is 17.0. The Morgan fingerprint density at radius 2 is 1.50 bits per heavy atom. The highest BCUT2D eigenvalue weighted by molar-refractivity contribution is 5.93. The number of hydrogen-bond acceptors (Lipinski definition) is 6. The van der Waals surface area contributed by atoms with E-state index in [-0.39, 0.29) is 12.2 Å².